The summed E-state index contributed by atoms with van der Waals surface area (Å²) in [6.45, 7) is 2.62. The van der Waals surface area contributed by atoms with Gasteiger partial charge in [-0.3, -0.25) is 9.69 Å². The normalized spacial score (nSPS) is 20.6. The van der Waals surface area contributed by atoms with Gasteiger partial charge in [0, 0.05) is 38.4 Å². The molecule has 1 fully saturated rings. The van der Waals surface area contributed by atoms with Crippen LogP contribution in [-0.2, 0) is 11.3 Å². The van der Waals surface area contributed by atoms with Gasteiger partial charge in [-0.25, -0.2) is 4.98 Å². The molecule has 2 rings (SSSR count). The first-order valence-corrected chi connectivity index (χ1v) is 5.87. The number of carbonyl (C=O) groups is 1. The van der Waals surface area contributed by atoms with Gasteiger partial charge >= 0.3 is 5.97 Å². The molecular weight excluding hydrogens is 234 g/mol. The number of carboxylic acids is 1. The number of methoxy groups -OCH3 is 1. The van der Waals surface area contributed by atoms with Gasteiger partial charge < -0.3 is 15.2 Å². The van der Waals surface area contributed by atoms with Gasteiger partial charge in [-0.1, -0.05) is 6.07 Å². The van der Waals surface area contributed by atoms with Crippen molar-refractivity contribution in [2.75, 3.05) is 26.7 Å². The van der Waals surface area contributed by atoms with E-state index >= 15 is 0 Å². The Balaban J connectivity index is 2.03. The van der Waals surface area contributed by atoms with E-state index < -0.39 is 12.0 Å². The van der Waals surface area contributed by atoms with E-state index in [4.69, 9.17) is 9.84 Å². The molecule has 1 aromatic rings. The first-order valence-electron chi connectivity index (χ1n) is 5.87. The molecular formula is C12H17N3O3. The predicted molar refractivity (Wildman–Crippen MR) is 65.5 cm³/mol. The summed E-state index contributed by atoms with van der Waals surface area (Å²) >= 11 is 0. The Hall–Kier alpha value is -1.66. The minimum Gasteiger partial charge on any atom is -0.481 e. The van der Waals surface area contributed by atoms with Crippen LogP contribution in [0.25, 0.3) is 0 Å². The minimum atomic E-state index is -0.788. The first kappa shape index (κ1) is 12.8. The van der Waals surface area contributed by atoms with E-state index in [1.165, 1.54) is 0 Å². The van der Waals surface area contributed by atoms with Crippen molar-refractivity contribution in [3.8, 4) is 5.88 Å². The van der Waals surface area contributed by atoms with Crippen LogP contribution in [0.1, 0.15) is 5.56 Å². The Morgan fingerprint density at radius 3 is 3.11 bits per heavy atom. The summed E-state index contributed by atoms with van der Waals surface area (Å²) in [5.74, 6) is -0.225. The summed E-state index contributed by atoms with van der Waals surface area (Å²) < 4.78 is 4.99. The fraction of sp³-hybridized carbons (Fsp3) is 0.500. The number of piperazine rings is 1. The fourth-order valence-electron chi connectivity index (χ4n) is 2.04. The maximum Gasteiger partial charge on any atom is 0.322 e. The highest BCUT2D eigenvalue weighted by atomic mass is 16.5. The number of hydrogen-bond acceptors (Lipinski definition) is 5. The van der Waals surface area contributed by atoms with Crippen LogP contribution >= 0.6 is 0 Å². The van der Waals surface area contributed by atoms with Gasteiger partial charge in [-0.15, -0.1) is 0 Å². The highest BCUT2D eigenvalue weighted by molar-refractivity contribution is 5.74. The van der Waals surface area contributed by atoms with Crippen molar-refractivity contribution in [2.24, 2.45) is 0 Å². The zero-order valence-electron chi connectivity index (χ0n) is 10.3. The van der Waals surface area contributed by atoms with Gasteiger partial charge in [0.15, 0.2) is 0 Å². The summed E-state index contributed by atoms with van der Waals surface area (Å²) in [5, 5.41) is 12.2. The largest absolute Gasteiger partial charge is 0.481 e. The molecule has 1 aliphatic heterocycles. The summed E-state index contributed by atoms with van der Waals surface area (Å²) in [6, 6.07) is 3.22. The Labute approximate surface area is 106 Å². The summed E-state index contributed by atoms with van der Waals surface area (Å²) in [5.41, 5.74) is 0.990. The van der Waals surface area contributed by atoms with E-state index in [-0.39, 0.29) is 0 Å². The molecule has 2 N–H and O–H groups in total. The predicted octanol–water partition coefficient (Wildman–Crippen LogP) is -0.0514. The SMILES string of the molecule is COc1ccc(CN2CCNCC2C(=O)O)cn1. The van der Waals surface area contributed by atoms with Crippen molar-refractivity contribution >= 4 is 5.97 Å². The zero-order valence-corrected chi connectivity index (χ0v) is 10.3. The number of nitrogens with zero attached hydrogens (tertiary/aromatic N) is 2. The molecule has 1 aliphatic rings. The molecule has 1 aromatic heterocycles. The molecule has 0 aromatic carbocycles. The molecule has 0 spiro atoms. The Morgan fingerprint density at radius 2 is 2.50 bits per heavy atom. The molecule has 18 heavy (non-hydrogen) atoms. The molecule has 0 aliphatic carbocycles. The van der Waals surface area contributed by atoms with Gasteiger partial charge in [0.2, 0.25) is 5.88 Å². The van der Waals surface area contributed by atoms with E-state index in [1.807, 2.05) is 11.0 Å². The van der Waals surface area contributed by atoms with Gasteiger partial charge in [-0.05, 0) is 5.56 Å². The van der Waals surface area contributed by atoms with Crippen LogP contribution in [0.3, 0.4) is 0 Å². The van der Waals surface area contributed by atoms with Crippen molar-refractivity contribution in [1.29, 1.82) is 0 Å². The van der Waals surface area contributed by atoms with Crippen LogP contribution in [0.5, 0.6) is 5.88 Å². The number of hydrogen-bond donors (Lipinski definition) is 2. The van der Waals surface area contributed by atoms with Gasteiger partial charge in [-0.2, -0.15) is 0 Å². The third-order valence-corrected chi connectivity index (χ3v) is 3.03. The highest BCUT2D eigenvalue weighted by Gasteiger charge is 2.28. The second kappa shape index (κ2) is 5.79. The van der Waals surface area contributed by atoms with Crippen LogP contribution in [0, 0.1) is 0 Å². The second-order valence-electron chi connectivity index (χ2n) is 4.24. The monoisotopic (exact) mass is 251 g/mol. The lowest BCUT2D eigenvalue weighted by Gasteiger charge is -2.33. The Morgan fingerprint density at radius 1 is 1.67 bits per heavy atom. The van der Waals surface area contributed by atoms with Crippen molar-refractivity contribution in [3.63, 3.8) is 0 Å². The molecule has 0 radical (unpaired) electrons. The minimum absolute atomic E-state index is 0.471. The van der Waals surface area contributed by atoms with Crippen molar-refractivity contribution in [2.45, 2.75) is 12.6 Å². The first-order chi connectivity index (χ1) is 8.70. The summed E-state index contributed by atoms with van der Waals surface area (Å²) in [6.07, 6.45) is 1.72. The zero-order chi connectivity index (χ0) is 13.0. The number of rotatable bonds is 4. The van der Waals surface area contributed by atoms with Gasteiger partial charge in [0.1, 0.15) is 6.04 Å². The van der Waals surface area contributed by atoms with Gasteiger partial charge in [0.25, 0.3) is 0 Å². The van der Waals surface area contributed by atoms with E-state index in [0.717, 1.165) is 18.7 Å². The smallest absolute Gasteiger partial charge is 0.322 e. The number of aromatic nitrogens is 1. The average molecular weight is 251 g/mol. The summed E-state index contributed by atoms with van der Waals surface area (Å²) in [7, 11) is 1.57. The molecule has 1 saturated heterocycles. The third-order valence-electron chi connectivity index (χ3n) is 3.03. The molecule has 0 saturated carbocycles. The fourth-order valence-corrected chi connectivity index (χ4v) is 2.04. The average Bonchev–Trinajstić information content (AvgIpc) is 2.40. The van der Waals surface area contributed by atoms with Gasteiger partial charge in [0.05, 0.1) is 7.11 Å². The van der Waals surface area contributed by atoms with Crippen molar-refractivity contribution in [3.05, 3.63) is 23.9 Å². The quantitative estimate of drug-likeness (QED) is 0.781. The molecule has 98 valence electrons. The molecule has 0 amide bonds. The van der Waals surface area contributed by atoms with E-state index in [9.17, 15) is 4.79 Å². The topological polar surface area (TPSA) is 74.7 Å². The summed E-state index contributed by atoms with van der Waals surface area (Å²) in [4.78, 5) is 17.2. The molecule has 6 heteroatoms. The van der Waals surface area contributed by atoms with Crippen LogP contribution in [0.15, 0.2) is 18.3 Å². The van der Waals surface area contributed by atoms with E-state index in [0.29, 0.717) is 19.0 Å². The number of ether oxygens (including phenoxy) is 1. The van der Waals surface area contributed by atoms with Crippen molar-refractivity contribution < 1.29 is 14.6 Å². The Bertz CT molecular complexity index is 408. The van der Waals surface area contributed by atoms with Crippen molar-refractivity contribution in [1.82, 2.24) is 15.2 Å². The van der Waals surface area contributed by atoms with Crippen LogP contribution in [0.2, 0.25) is 0 Å². The number of carboxylic acid groups (broad SMARTS) is 1. The number of nitrogens with one attached hydrogen (secondary N) is 1. The van der Waals surface area contributed by atoms with E-state index in [1.54, 1.807) is 19.4 Å². The maximum atomic E-state index is 11.1. The van der Waals surface area contributed by atoms with Crippen LogP contribution < -0.4 is 10.1 Å². The maximum absolute atomic E-state index is 11.1. The molecule has 6 nitrogen and oxygen atoms in total. The standard InChI is InChI=1S/C12H17N3O3/c1-18-11-3-2-9(6-14-11)8-15-5-4-13-7-10(15)12(16)17/h2-3,6,10,13H,4-5,7-8H2,1H3,(H,16,17). The lowest BCUT2D eigenvalue weighted by molar-refractivity contribution is -0.144. The lowest BCUT2D eigenvalue weighted by atomic mass is 10.1. The van der Waals surface area contributed by atoms with Crippen LogP contribution in [0.4, 0.5) is 0 Å². The number of aliphatic carboxylic acids is 1. The second-order valence-corrected chi connectivity index (χ2v) is 4.24. The number of pyridine rings is 1. The van der Waals surface area contributed by atoms with Crippen LogP contribution in [-0.4, -0.2) is 53.7 Å². The molecule has 1 atom stereocenters. The lowest BCUT2D eigenvalue weighted by Crippen LogP contribution is -2.54. The highest BCUT2D eigenvalue weighted by Crippen LogP contribution is 2.12. The molecule has 0 bridgehead atoms. The third kappa shape index (κ3) is 2.96. The molecule has 2 heterocycles. The Kier molecular flexibility index (Phi) is 4.11. The van der Waals surface area contributed by atoms with E-state index in [2.05, 4.69) is 10.3 Å². The molecule has 1 unspecified atom stereocenters.